The van der Waals surface area contributed by atoms with Crippen LogP contribution in [0.5, 0.6) is 11.5 Å². The monoisotopic (exact) mass is 501 g/mol. The maximum Gasteiger partial charge on any atom is 0.344 e. The minimum Gasteiger partial charge on any atom is -0.493 e. The molecule has 0 aliphatic rings. The van der Waals surface area contributed by atoms with Gasteiger partial charge >= 0.3 is 5.97 Å². The Balaban J connectivity index is 2.04. The van der Waals surface area contributed by atoms with Gasteiger partial charge in [0.05, 0.1) is 24.2 Å². The molecule has 1 aromatic heterocycles. The molecule has 168 valence electrons. The average molecular weight is 502 g/mol. The summed E-state index contributed by atoms with van der Waals surface area (Å²) in [5.74, 6) is 0.179. The number of benzene rings is 2. The molecular weight excluding hydrogens is 478 g/mol. The first kappa shape index (κ1) is 23.5. The lowest BCUT2D eigenvalue weighted by molar-refractivity contribution is -0.144. The van der Waals surface area contributed by atoms with Crippen molar-refractivity contribution < 1.29 is 19.4 Å². The van der Waals surface area contributed by atoms with E-state index in [-0.39, 0.29) is 11.5 Å². The SMILES string of the molecule is CC[C@H](C)c1nc2ccc(Br)cc2c(=O)n1N=Cc1ccc(O[C@H](C)C(=O)O)c(OC)c1. The summed E-state index contributed by atoms with van der Waals surface area (Å²) in [6.45, 7) is 5.46. The summed E-state index contributed by atoms with van der Waals surface area (Å²) in [6, 6.07) is 10.4. The lowest BCUT2D eigenvalue weighted by Gasteiger charge is -2.15. The van der Waals surface area contributed by atoms with E-state index in [0.717, 1.165) is 10.9 Å². The van der Waals surface area contributed by atoms with Gasteiger partial charge in [-0.1, -0.05) is 29.8 Å². The van der Waals surface area contributed by atoms with Crippen LogP contribution in [-0.4, -0.2) is 40.2 Å². The summed E-state index contributed by atoms with van der Waals surface area (Å²) in [4.78, 5) is 28.9. The van der Waals surface area contributed by atoms with Gasteiger partial charge in [0, 0.05) is 10.4 Å². The molecule has 32 heavy (non-hydrogen) atoms. The molecule has 2 aromatic carbocycles. The average Bonchev–Trinajstić information content (AvgIpc) is 2.78. The highest BCUT2D eigenvalue weighted by atomic mass is 79.9. The van der Waals surface area contributed by atoms with E-state index in [0.29, 0.717) is 33.8 Å². The molecule has 3 rings (SSSR count). The first-order valence-electron chi connectivity index (χ1n) is 10.1. The second-order valence-corrected chi connectivity index (χ2v) is 8.23. The van der Waals surface area contributed by atoms with Gasteiger partial charge in [0.1, 0.15) is 5.82 Å². The normalized spacial score (nSPS) is 13.3. The molecule has 1 heterocycles. The molecule has 0 unspecified atom stereocenters. The highest BCUT2D eigenvalue weighted by Crippen LogP contribution is 2.28. The van der Waals surface area contributed by atoms with Crippen LogP contribution in [0.1, 0.15) is 44.5 Å². The van der Waals surface area contributed by atoms with Crippen LogP contribution in [0, 0.1) is 0 Å². The highest BCUT2D eigenvalue weighted by molar-refractivity contribution is 9.10. The fraction of sp³-hybridized carbons (Fsp3) is 0.304. The number of ether oxygens (including phenoxy) is 2. The van der Waals surface area contributed by atoms with E-state index in [1.807, 2.05) is 26.0 Å². The van der Waals surface area contributed by atoms with Gasteiger partial charge in [0.15, 0.2) is 17.6 Å². The zero-order valence-electron chi connectivity index (χ0n) is 18.2. The van der Waals surface area contributed by atoms with Crippen molar-refractivity contribution in [2.75, 3.05) is 7.11 Å². The summed E-state index contributed by atoms with van der Waals surface area (Å²) in [5.41, 5.74) is 1.01. The molecule has 0 amide bonds. The van der Waals surface area contributed by atoms with Gasteiger partial charge in [-0.2, -0.15) is 9.78 Å². The van der Waals surface area contributed by atoms with Gasteiger partial charge in [-0.05, 0) is 55.3 Å². The van der Waals surface area contributed by atoms with Gasteiger partial charge in [-0.25, -0.2) is 9.78 Å². The molecule has 0 radical (unpaired) electrons. The van der Waals surface area contributed by atoms with Gasteiger partial charge in [0.25, 0.3) is 5.56 Å². The quantitative estimate of drug-likeness (QED) is 0.458. The Hall–Kier alpha value is -3.20. The molecule has 0 saturated carbocycles. The number of hydrogen-bond acceptors (Lipinski definition) is 6. The molecule has 0 saturated heterocycles. The molecule has 0 aliphatic heterocycles. The molecule has 0 bridgehead atoms. The van der Waals surface area contributed by atoms with Crippen molar-refractivity contribution in [3.05, 3.63) is 62.6 Å². The minimum absolute atomic E-state index is 0.0238. The number of halogens is 1. The lowest BCUT2D eigenvalue weighted by Crippen LogP contribution is -2.24. The standard InChI is InChI=1S/C23H24BrN3O5/c1-5-13(2)21-26-18-8-7-16(24)11-17(18)22(28)27(21)25-12-15-6-9-19(20(10-15)31-4)32-14(3)23(29)30/h6-14H,5H2,1-4H3,(H,29,30)/t13-,14+/m0/s1. The topological polar surface area (TPSA) is 103 Å². The van der Waals surface area contributed by atoms with Crippen LogP contribution in [0.4, 0.5) is 0 Å². The molecule has 2 atom stereocenters. The Morgan fingerprint density at radius 1 is 1.25 bits per heavy atom. The zero-order valence-corrected chi connectivity index (χ0v) is 19.8. The van der Waals surface area contributed by atoms with Crippen LogP contribution < -0.4 is 15.0 Å². The van der Waals surface area contributed by atoms with E-state index < -0.39 is 12.1 Å². The molecule has 0 fully saturated rings. The van der Waals surface area contributed by atoms with Crippen LogP contribution in [0.15, 0.2) is 50.8 Å². The summed E-state index contributed by atoms with van der Waals surface area (Å²) in [5, 5.41) is 13.9. The number of carbonyl (C=O) groups is 1. The first-order valence-corrected chi connectivity index (χ1v) is 10.9. The predicted molar refractivity (Wildman–Crippen MR) is 126 cm³/mol. The number of fused-ring (bicyclic) bond motifs is 1. The third-order valence-electron chi connectivity index (χ3n) is 5.05. The van der Waals surface area contributed by atoms with Crippen LogP contribution in [-0.2, 0) is 4.79 Å². The number of aliphatic carboxylic acids is 1. The van der Waals surface area contributed by atoms with Crippen molar-refractivity contribution in [2.24, 2.45) is 5.10 Å². The fourth-order valence-electron chi connectivity index (χ4n) is 3.01. The van der Waals surface area contributed by atoms with Crippen molar-refractivity contribution in [2.45, 2.75) is 39.2 Å². The third-order valence-corrected chi connectivity index (χ3v) is 5.54. The molecule has 1 N–H and O–H groups in total. The number of methoxy groups -OCH3 is 1. The summed E-state index contributed by atoms with van der Waals surface area (Å²) >= 11 is 3.40. The summed E-state index contributed by atoms with van der Waals surface area (Å²) in [6.07, 6.45) is 1.31. The van der Waals surface area contributed by atoms with Gasteiger partial charge in [-0.3, -0.25) is 4.79 Å². The highest BCUT2D eigenvalue weighted by Gasteiger charge is 2.17. The number of aromatic nitrogens is 2. The van der Waals surface area contributed by atoms with E-state index in [1.165, 1.54) is 24.9 Å². The number of nitrogens with zero attached hydrogens (tertiary/aromatic N) is 3. The van der Waals surface area contributed by atoms with E-state index in [2.05, 4.69) is 26.0 Å². The maximum atomic E-state index is 13.2. The fourth-order valence-corrected chi connectivity index (χ4v) is 3.37. The third kappa shape index (κ3) is 4.99. The van der Waals surface area contributed by atoms with E-state index in [9.17, 15) is 9.59 Å². The van der Waals surface area contributed by atoms with Crippen molar-refractivity contribution >= 4 is 39.0 Å². The van der Waals surface area contributed by atoms with E-state index in [4.69, 9.17) is 14.6 Å². The second kappa shape index (κ2) is 9.95. The Morgan fingerprint density at radius 3 is 2.66 bits per heavy atom. The van der Waals surface area contributed by atoms with Gasteiger partial charge in [0.2, 0.25) is 0 Å². The van der Waals surface area contributed by atoms with Gasteiger partial charge < -0.3 is 14.6 Å². The van der Waals surface area contributed by atoms with E-state index in [1.54, 1.807) is 24.3 Å². The molecule has 0 spiro atoms. The maximum absolute atomic E-state index is 13.2. The Kier molecular flexibility index (Phi) is 7.29. The Labute approximate surface area is 193 Å². The smallest absolute Gasteiger partial charge is 0.344 e. The predicted octanol–water partition coefficient (Wildman–Crippen LogP) is 4.42. The number of rotatable bonds is 8. The van der Waals surface area contributed by atoms with Crippen molar-refractivity contribution in [1.29, 1.82) is 0 Å². The Morgan fingerprint density at radius 2 is 2.00 bits per heavy atom. The van der Waals surface area contributed by atoms with Crippen LogP contribution in [0.25, 0.3) is 10.9 Å². The Bertz CT molecular complexity index is 1240. The molecular formula is C23H24BrN3O5. The second-order valence-electron chi connectivity index (χ2n) is 7.31. The summed E-state index contributed by atoms with van der Waals surface area (Å²) in [7, 11) is 1.46. The van der Waals surface area contributed by atoms with E-state index >= 15 is 0 Å². The molecule has 9 heteroatoms. The largest absolute Gasteiger partial charge is 0.493 e. The molecule has 8 nitrogen and oxygen atoms in total. The molecule has 3 aromatic rings. The van der Waals surface area contributed by atoms with Gasteiger partial charge in [-0.15, -0.1) is 0 Å². The summed E-state index contributed by atoms with van der Waals surface area (Å²) < 4.78 is 12.9. The lowest BCUT2D eigenvalue weighted by atomic mass is 10.1. The minimum atomic E-state index is -1.08. The van der Waals surface area contributed by atoms with Crippen molar-refractivity contribution in [1.82, 2.24) is 9.66 Å². The first-order chi connectivity index (χ1) is 15.2. The zero-order chi connectivity index (χ0) is 23.4. The number of carboxylic acid groups (broad SMARTS) is 1. The van der Waals surface area contributed by atoms with Crippen LogP contribution >= 0.6 is 15.9 Å². The van der Waals surface area contributed by atoms with Crippen molar-refractivity contribution in [3.63, 3.8) is 0 Å². The molecule has 0 aliphatic carbocycles. The number of hydrogen-bond donors (Lipinski definition) is 1. The van der Waals surface area contributed by atoms with Crippen molar-refractivity contribution in [3.8, 4) is 11.5 Å². The van der Waals surface area contributed by atoms with Crippen LogP contribution in [0.3, 0.4) is 0 Å². The van der Waals surface area contributed by atoms with Crippen LogP contribution in [0.2, 0.25) is 0 Å². The number of carboxylic acids is 1.